The van der Waals surface area contributed by atoms with E-state index in [-0.39, 0.29) is 69.1 Å². The SMILES string of the molecule is C.C1CCOC1.CCO.CC[C@H]1C[C@@H](Nc2ncncc2C(=O)c2cc(CO)cs2)C[C@@H]1C.CC[C@H]1C[C@@H](Nc2ncncc2C(=O)c2cc(COC)cs2)C[C@@H]1C.COCc1csc(C(=O)c2cncnc2N[C@@H]2C[C@H](CO)[C@@H](C)C2)c1.COCc1csc(C(=O)c2cncnc2N[C@@H]2C[C@H](COS(N)(=O)=O)[C@@H](O)C2)c1. The van der Waals surface area contributed by atoms with E-state index in [1.54, 1.807) is 64.4 Å². The topological polar surface area (TPSA) is 407 Å². The van der Waals surface area contributed by atoms with Gasteiger partial charge in [-0.1, -0.05) is 54.9 Å². The molecule has 5 aliphatic rings. The fourth-order valence-corrected chi connectivity index (χ4v) is 18.2. The molecule has 4 aliphatic carbocycles. The van der Waals surface area contributed by atoms with Crippen LogP contribution in [0.15, 0.2) is 95.9 Å². The first-order valence-corrected chi connectivity index (χ1v) is 42.5. The predicted molar refractivity (Wildman–Crippen MR) is 438 cm³/mol. The van der Waals surface area contributed by atoms with Gasteiger partial charge in [-0.2, -0.15) is 8.42 Å². The molecule has 0 spiro atoms. The van der Waals surface area contributed by atoms with E-state index in [0.29, 0.717) is 133 Å². The van der Waals surface area contributed by atoms with Gasteiger partial charge in [0.05, 0.1) is 80.9 Å². The molecule has 1 saturated heterocycles. The summed E-state index contributed by atoms with van der Waals surface area (Å²) in [5.74, 6) is 4.98. The van der Waals surface area contributed by atoms with E-state index in [1.807, 2.05) is 28.3 Å². The molecule has 5 fully saturated rings. The molecule has 8 aromatic heterocycles. The molecular formula is C79H111N13O15S5. The van der Waals surface area contributed by atoms with Crippen molar-refractivity contribution < 1.29 is 71.2 Å². The number of aliphatic hydroxyl groups excluding tert-OH is 4. The number of nitrogens with zero attached hydrogens (tertiary/aromatic N) is 8. The number of nitrogens with two attached hydrogens (primary N) is 1. The van der Waals surface area contributed by atoms with Crippen molar-refractivity contribution >= 4 is 102 Å². The number of rotatable bonds is 29. The Balaban J connectivity index is 0.000000200. The second-order valence-corrected chi connectivity index (χ2v) is 33.3. The van der Waals surface area contributed by atoms with Crippen molar-refractivity contribution in [2.24, 2.45) is 46.6 Å². The number of nitrogens with one attached hydrogen (secondary N) is 4. The maximum absolute atomic E-state index is 12.9. The van der Waals surface area contributed by atoms with Gasteiger partial charge in [-0.25, -0.2) is 45.0 Å². The molecule has 8 aromatic rings. The Morgan fingerprint density at radius 2 is 0.795 bits per heavy atom. The number of anilines is 4. The van der Waals surface area contributed by atoms with Crippen LogP contribution >= 0.6 is 45.3 Å². The molecule has 0 bridgehead atoms. The summed E-state index contributed by atoms with van der Waals surface area (Å²) in [6, 6.07) is 7.96. The Morgan fingerprint density at radius 1 is 0.491 bits per heavy atom. The fourth-order valence-electron chi connectivity index (χ4n) is 14.4. The lowest BCUT2D eigenvalue weighted by atomic mass is 9.96. The van der Waals surface area contributed by atoms with Gasteiger partial charge in [-0.05, 0) is 175 Å². The van der Waals surface area contributed by atoms with E-state index in [0.717, 1.165) is 85.8 Å². The zero-order valence-corrected chi connectivity index (χ0v) is 68.6. The van der Waals surface area contributed by atoms with E-state index in [1.165, 1.54) is 103 Å². The van der Waals surface area contributed by atoms with E-state index >= 15 is 0 Å². The van der Waals surface area contributed by atoms with Gasteiger partial charge in [0, 0.05) is 103 Å². The van der Waals surface area contributed by atoms with Crippen molar-refractivity contribution in [3.05, 3.63) is 160 Å². The van der Waals surface area contributed by atoms with Crippen molar-refractivity contribution in [2.45, 2.75) is 183 Å². The molecule has 0 unspecified atom stereocenters. The zero-order chi connectivity index (χ0) is 80.0. The van der Waals surface area contributed by atoms with Crippen molar-refractivity contribution in [1.29, 1.82) is 0 Å². The van der Waals surface area contributed by atoms with E-state index in [2.05, 4.69) is 99.9 Å². The standard InChI is InChI=1S/C19H25N3O2S.C18H23N3O3S.C18H23N3O2S.C17H22N4O6S2.C4H8O.C2H6O.CH4/c1-4-14-7-15(5-12(14)2)22-19-16(8-20-11-21-19)18(23)17-6-13(9-24-3)10-25-17;1-11-3-14(5-13(11)7-22)21-18-15(6-19-10-20-18)17(23)16-4-12(8-24-2)9-25-16;1-3-13-6-14(4-11(13)2)21-18-15(7-19-10-20-18)17(23)16-5-12(8-22)9-24-16;1-26-6-10-2-15(28-8-10)16(23)13-5-19-9-20-17(13)21-12-3-11(14(22)4-12)7-27-29(18,24)25;1-2-4-5-3-1;1-2-3;/h6,8,10-12,14-15H,4-5,7,9H2,1-3H3,(H,20,21,22);4,6,9-11,13-14,22H,3,5,7-8H2,1-2H3,(H,19,20,21);5,7,9-11,13-14,22H,3-4,6,8H2,1-2H3,(H,19,20,21);2,5,8-9,11-12,14,22H,3-4,6-7H2,1H3,(H2,18,24,25)(H,19,20,21);1-4H2;3H,2H2,1H3;1H4/t12-,14-,15-;11-,13+,14-;11-,13-,14-;11-,12-,14+;;;/m0001.../s1. The summed E-state index contributed by atoms with van der Waals surface area (Å²) in [6.07, 6.45) is 23.2. The van der Waals surface area contributed by atoms with E-state index in [4.69, 9.17) is 29.2 Å². The van der Waals surface area contributed by atoms with Gasteiger partial charge in [0.2, 0.25) is 23.1 Å². The number of carbonyl (C=O) groups is 4. The first kappa shape index (κ1) is 91.7. The van der Waals surface area contributed by atoms with Crippen molar-refractivity contribution in [3.63, 3.8) is 0 Å². The third-order valence-electron chi connectivity index (χ3n) is 20.2. The fraction of sp³-hybridized carbons (Fsp3) is 0.544. The quantitative estimate of drug-likeness (QED) is 0.0197. The highest BCUT2D eigenvalue weighted by Crippen LogP contribution is 2.39. The lowest BCUT2D eigenvalue weighted by molar-refractivity contribution is 0.100. The summed E-state index contributed by atoms with van der Waals surface area (Å²) in [5.41, 5.74) is 5.49. The van der Waals surface area contributed by atoms with Crippen LogP contribution in [-0.4, -0.2) is 176 Å². The molecule has 112 heavy (non-hydrogen) atoms. The summed E-state index contributed by atoms with van der Waals surface area (Å²) < 4.78 is 46.8. The number of aromatic nitrogens is 8. The van der Waals surface area contributed by atoms with Gasteiger partial charge in [-0.15, -0.1) is 45.3 Å². The average molecular weight is 1640 g/mol. The number of ether oxygens (including phenoxy) is 4. The number of aliphatic hydroxyl groups is 4. The van der Waals surface area contributed by atoms with Crippen LogP contribution in [0.4, 0.5) is 23.3 Å². The first-order valence-electron chi connectivity index (χ1n) is 37.5. The highest BCUT2D eigenvalue weighted by molar-refractivity contribution is 7.84. The normalized spacial score (nSPS) is 22.2. The van der Waals surface area contributed by atoms with Gasteiger partial charge in [0.15, 0.2) is 0 Å². The minimum absolute atomic E-state index is 0. The number of thiophene rings is 4. The number of hydrogen-bond acceptors (Lipinski definition) is 31. The van der Waals surface area contributed by atoms with Crippen molar-refractivity contribution in [1.82, 2.24) is 39.9 Å². The summed E-state index contributed by atoms with van der Waals surface area (Å²) in [7, 11) is 0.805. The maximum Gasteiger partial charge on any atom is 0.333 e. The third-order valence-corrected chi connectivity index (χ3v) is 24.6. The van der Waals surface area contributed by atoms with E-state index in [9.17, 15) is 42.9 Å². The lowest BCUT2D eigenvalue weighted by Crippen LogP contribution is -2.24. The third kappa shape index (κ3) is 27.4. The number of hydrogen-bond donors (Lipinski definition) is 9. The first-order chi connectivity index (χ1) is 53.5. The Hall–Kier alpha value is -7.45. The zero-order valence-electron chi connectivity index (χ0n) is 64.5. The van der Waals surface area contributed by atoms with Gasteiger partial charge in [-0.3, -0.25) is 23.4 Å². The highest BCUT2D eigenvalue weighted by Gasteiger charge is 2.37. The van der Waals surface area contributed by atoms with Gasteiger partial charge in [0.25, 0.3) is 0 Å². The maximum atomic E-state index is 12.9. The second-order valence-electron chi connectivity index (χ2n) is 28.4. The van der Waals surface area contributed by atoms with Crippen LogP contribution in [0.1, 0.15) is 209 Å². The van der Waals surface area contributed by atoms with Crippen molar-refractivity contribution in [2.75, 3.05) is 75.6 Å². The highest BCUT2D eigenvalue weighted by atomic mass is 32.2. The summed E-state index contributed by atoms with van der Waals surface area (Å²) in [5, 5.41) is 62.2. The molecule has 12 atom stereocenters. The Kier molecular flexibility index (Phi) is 38.3. The molecule has 13 rings (SSSR count). The molecule has 0 amide bonds. The molecule has 9 heterocycles. The molecule has 28 nitrogen and oxygen atoms in total. The molecule has 0 aromatic carbocycles. The van der Waals surface area contributed by atoms with Gasteiger partial charge in [0.1, 0.15) is 48.6 Å². The lowest BCUT2D eigenvalue weighted by Gasteiger charge is -2.15. The van der Waals surface area contributed by atoms with E-state index < -0.39 is 22.3 Å². The molecular weight excluding hydrogens is 1530 g/mol. The number of carbonyl (C=O) groups excluding carboxylic acids is 4. The van der Waals surface area contributed by atoms with Crippen LogP contribution in [0.25, 0.3) is 0 Å². The Labute approximate surface area is 673 Å². The largest absolute Gasteiger partial charge is 0.397 e. The van der Waals surface area contributed by atoms with Crippen LogP contribution in [0, 0.1) is 41.4 Å². The molecule has 33 heteroatoms. The molecule has 1 aliphatic heterocycles. The molecule has 10 N–H and O–H groups in total. The number of methoxy groups -OCH3 is 3. The van der Waals surface area contributed by atoms with Crippen molar-refractivity contribution in [3.8, 4) is 0 Å². The Bertz CT molecular complexity index is 4180. The number of ketones is 4. The smallest absolute Gasteiger partial charge is 0.333 e. The minimum Gasteiger partial charge on any atom is -0.397 e. The van der Waals surface area contributed by atoms with Crippen LogP contribution in [-0.2, 0) is 59.9 Å². The van der Waals surface area contributed by atoms with Crippen LogP contribution in [0.5, 0.6) is 0 Å². The van der Waals surface area contributed by atoms with Gasteiger partial charge >= 0.3 is 10.3 Å². The second kappa shape index (κ2) is 46.8. The summed E-state index contributed by atoms with van der Waals surface area (Å²) in [4.78, 5) is 87.1. The molecule has 0 radical (unpaired) electrons. The van der Waals surface area contributed by atoms with Crippen LogP contribution in [0.3, 0.4) is 0 Å². The Morgan fingerprint density at radius 3 is 1.06 bits per heavy atom. The van der Waals surface area contributed by atoms with Gasteiger partial charge < -0.3 is 60.6 Å². The monoisotopic (exact) mass is 1640 g/mol. The summed E-state index contributed by atoms with van der Waals surface area (Å²) in [6.45, 7) is 16.5. The molecule has 612 valence electrons. The average Bonchev–Trinajstić information content (AvgIpc) is 1.62. The molecule has 4 saturated carbocycles. The summed E-state index contributed by atoms with van der Waals surface area (Å²) >= 11 is 5.49. The minimum atomic E-state index is -4.07. The van der Waals surface area contributed by atoms with Crippen LogP contribution < -0.4 is 26.4 Å². The van der Waals surface area contributed by atoms with Crippen LogP contribution in [0.2, 0.25) is 0 Å². The predicted octanol–water partition coefficient (Wildman–Crippen LogP) is 12.5.